The molecule has 0 aliphatic carbocycles. The van der Waals surface area contributed by atoms with Gasteiger partial charge in [0.1, 0.15) is 6.33 Å². The minimum atomic E-state index is -0.373. The van der Waals surface area contributed by atoms with Gasteiger partial charge in [-0.2, -0.15) is 0 Å². The molecule has 128 valence electrons. The van der Waals surface area contributed by atoms with E-state index >= 15 is 0 Å². The van der Waals surface area contributed by atoms with Gasteiger partial charge in [-0.25, -0.2) is 9.78 Å². The molecule has 0 fully saturated rings. The number of nitrogens with zero attached hydrogens (tertiary/aromatic N) is 2. The molecule has 0 spiro atoms. The molecule has 1 aliphatic heterocycles. The van der Waals surface area contributed by atoms with Crippen molar-refractivity contribution in [2.24, 2.45) is 0 Å². The third-order valence-electron chi connectivity index (χ3n) is 3.95. The van der Waals surface area contributed by atoms with E-state index in [4.69, 9.17) is 14.2 Å². The second-order valence-electron chi connectivity index (χ2n) is 5.93. The maximum atomic E-state index is 12.1. The highest BCUT2D eigenvalue weighted by atomic mass is 16.5. The van der Waals surface area contributed by atoms with E-state index in [2.05, 4.69) is 4.98 Å². The Morgan fingerprint density at radius 3 is 2.75 bits per heavy atom. The van der Waals surface area contributed by atoms with Gasteiger partial charge in [0.25, 0.3) is 0 Å². The summed E-state index contributed by atoms with van der Waals surface area (Å²) in [7, 11) is 1.64. The van der Waals surface area contributed by atoms with Crippen molar-refractivity contribution in [1.29, 1.82) is 0 Å². The summed E-state index contributed by atoms with van der Waals surface area (Å²) in [6.07, 6.45) is 3.25. The maximum Gasteiger partial charge on any atom is 0.358 e. The summed E-state index contributed by atoms with van der Waals surface area (Å²) in [6.45, 7) is 6.07. The smallest absolute Gasteiger partial charge is 0.358 e. The van der Waals surface area contributed by atoms with Crippen LogP contribution in [0, 0.1) is 0 Å². The number of aromatic nitrogens is 2. The molecule has 0 N–H and O–H groups in total. The van der Waals surface area contributed by atoms with Crippen LogP contribution in [0.25, 0.3) is 5.69 Å². The Bertz CT molecular complexity index is 765. The van der Waals surface area contributed by atoms with Gasteiger partial charge in [0.2, 0.25) is 0 Å². The predicted octanol–water partition coefficient (Wildman–Crippen LogP) is 2.94. The SMILES string of the molecule is CCOC(=O)c1ncn2c1CCc1cc(OC)c(OC(C)C)cc1-2. The van der Waals surface area contributed by atoms with Crippen molar-refractivity contribution < 1.29 is 19.0 Å². The minimum absolute atomic E-state index is 0.0397. The van der Waals surface area contributed by atoms with Crippen molar-refractivity contribution in [3.05, 3.63) is 35.4 Å². The van der Waals surface area contributed by atoms with Gasteiger partial charge >= 0.3 is 5.97 Å². The molecule has 0 amide bonds. The van der Waals surface area contributed by atoms with Gasteiger partial charge in [0.15, 0.2) is 17.2 Å². The van der Waals surface area contributed by atoms with Crippen molar-refractivity contribution >= 4 is 5.97 Å². The lowest BCUT2D eigenvalue weighted by molar-refractivity contribution is 0.0518. The fraction of sp³-hybridized carbons (Fsp3) is 0.444. The van der Waals surface area contributed by atoms with Crippen LogP contribution in [0.1, 0.15) is 42.5 Å². The Hall–Kier alpha value is -2.50. The topological polar surface area (TPSA) is 62.6 Å². The summed E-state index contributed by atoms with van der Waals surface area (Å²) in [5.74, 6) is 1.03. The normalized spacial score (nSPS) is 12.5. The first-order valence-corrected chi connectivity index (χ1v) is 8.16. The first kappa shape index (κ1) is 16.4. The van der Waals surface area contributed by atoms with E-state index in [0.717, 1.165) is 35.5 Å². The van der Waals surface area contributed by atoms with Crippen molar-refractivity contribution in [3.8, 4) is 17.2 Å². The lowest BCUT2D eigenvalue weighted by atomic mass is 10.00. The number of benzene rings is 1. The number of carbonyl (C=O) groups is 1. The molecule has 0 radical (unpaired) electrons. The van der Waals surface area contributed by atoms with Crippen molar-refractivity contribution in [2.45, 2.75) is 39.7 Å². The highest BCUT2D eigenvalue weighted by molar-refractivity contribution is 5.89. The summed E-state index contributed by atoms with van der Waals surface area (Å²) in [6, 6.07) is 3.95. The molecule has 0 saturated carbocycles. The number of hydrogen-bond acceptors (Lipinski definition) is 5. The summed E-state index contributed by atoms with van der Waals surface area (Å²) >= 11 is 0. The van der Waals surface area contributed by atoms with Gasteiger partial charge in [0.05, 0.1) is 31.2 Å². The number of rotatable bonds is 5. The zero-order chi connectivity index (χ0) is 17.3. The average molecular weight is 330 g/mol. The van der Waals surface area contributed by atoms with Gasteiger partial charge < -0.3 is 18.8 Å². The number of ether oxygens (including phenoxy) is 3. The molecule has 0 atom stereocenters. The van der Waals surface area contributed by atoms with E-state index in [0.29, 0.717) is 18.1 Å². The number of fused-ring (bicyclic) bond motifs is 3. The first-order chi connectivity index (χ1) is 11.5. The van der Waals surface area contributed by atoms with Crippen LogP contribution < -0.4 is 9.47 Å². The number of methoxy groups -OCH3 is 1. The first-order valence-electron chi connectivity index (χ1n) is 8.16. The summed E-state index contributed by atoms with van der Waals surface area (Å²) in [5.41, 5.74) is 3.38. The second-order valence-corrected chi connectivity index (χ2v) is 5.93. The van der Waals surface area contributed by atoms with Crippen LogP contribution in [0.3, 0.4) is 0 Å². The van der Waals surface area contributed by atoms with Crippen LogP contribution in [-0.2, 0) is 17.6 Å². The monoisotopic (exact) mass is 330 g/mol. The molecule has 0 bridgehead atoms. The third-order valence-corrected chi connectivity index (χ3v) is 3.95. The van der Waals surface area contributed by atoms with Gasteiger partial charge in [-0.15, -0.1) is 0 Å². The quantitative estimate of drug-likeness (QED) is 0.789. The molecular weight excluding hydrogens is 308 g/mol. The fourth-order valence-electron chi connectivity index (χ4n) is 2.96. The van der Waals surface area contributed by atoms with Crippen molar-refractivity contribution in [3.63, 3.8) is 0 Å². The third kappa shape index (κ3) is 2.84. The standard InChI is InChI=1S/C18H22N2O4/c1-5-23-18(21)17-13-7-6-12-8-15(22-4)16(24-11(2)3)9-14(12)20(13)10-19-17/h8-11H,5-7H2,1-4H3. The highest BCUT2D eigenvalue weighted by Crippen LogP contribution is 2.37. The van der Waals surface area contributed by atoms with E-state index in [-0.39, 0.29) is 12.1 Å². The number of carbonyl (C=O) groups excluding carboxylic acids is 1. The van der Waals surface area contributed by atoms with Crippen molar-refractivity contribution in [1.82, 2.24) is 9.55 Å². The molecule has 2 aromatic rings. The molecule has 0 unspecified atom stereocenters. The number of hydrogen-bond donors (Lipinski definition) is 0. The van der Waals surface area contributed by atoms with Gasteiger partial charge in [-0.3, -0.25) is 0 Å². The van der Waals surface area contributed by atoms with Crippen LogP contribution in [-0.4, -0.2) is 35.3 Å². The van der Waals surface area contributed by atoms with E-state index in [1.54, 1.807) is 20.4 Å². The number of esters is 1. The molecule has 6 heteroatoms. The molecule has 1 aromatic carbocycles. The molecule has 2 heterocycles. The molecule has 1 aromatic heterocycles. The lowest BCUT2D eigenvalue weighted by Crippen LogP contribution is -2.16. The lowest BCUT2D eigenvalue weighted by Gasteiger charge is -2.22. The Morgan fingerprint density at radius 1 is 1.29 bits per heavy atom. The van der Waals surface area contributed by atoms with E-state index in [1.807, 2.05) is 30.5 Å². The zero-order valence-electron chi connectivity index (χ0n) is 14.5. The minimum Gasteiger partial charge on any atom is -0.493 e. The van der Waals surface area contributed by atoms with Crippen LogP contribution in [0.2, 0.25) is 0 Å². The maximum absolute atomic E-state index is 12.1. The fourth-order valence-corrected chi connectivity index (χ4v) is 2.96. The van der Waals surface area contributed by atoms with Crippen LogP contribution in [0.5, 0.6) is 11.5 Å². The van der Waals surface area contributed by atoms with Crippen LogP contribution in [0.4, 0.5) is 0 Å². The van der Waals surface area contributed by atoms with E-state index in [1.165, 1.54) is 0 Å². The Kier molecular flexibility index (Phi) is 4.46. The summed E-state index contributed by atoms with van der Waals surface area (Å²) < 4.78 is 18.3. The van der Waals surface area contributed by atoms with Gasteiger partial charge in [-0.1, -0.05) is 0 Å². The summed E-state index contributed by atoms with van der Waals surface area (Å²) in [5, 5.41) is 0. The van der Waals surface area contributed by atoms with Gasteiger partial charge in [-0.05, 0) is 45.2 Å². The molecule has 0 saturated heterocycles. The Labute approximate surface area is 141 Å². The van der Waals surface area contributed by atoms with Crippen molar-refractivity contribution in [2.75, 3.05) is 13.7 Å². The molecule has 24 heavy (non-hydrogen) atoms. The Balaban J connectivity index is 2.06. The predicted molar refractivity (Wildman–Crippen MR) is 89.2 cm³/mol. The van der Waals surface area contributed by atoms with Gasteiger partial charge in [0, 0.05) is 6.07 Å². The zero-order valence-corrected chi connectivity index (χ0v) is 14.5. The molecule has 3 rings (SSSR count). The molecular formula is C18H22N2O4. The van der Waals surface area contributed by atoms with Crippen LogP contribution >= 0.6 is 0 Å². The molecule has 6 nitrogen and oxygen atoms in total. The van der Waals surface area contributed by atoms with Crippen LogP contribution in [0.15, 0.2) is 18.5 Å². The largest absolute Gasteiger partial charge is 0.493 e. The Morgan fingerprint density at radius 2 is 2.08 bits per heavy atom. The highest BCUT2D eigenvalue weighted by Gasteiger charge is 2.26. The van der Waals surface area contributed by atoms with E-state index in [9.17, 15) is 4.79 Å². The number of imidazole rings is 1. The average Bonchev–Trinajstić information content (AvgIpc) is 2.98. The second kappa shape index (κ2) is 6.55. The number of aryl methyl sites for hydroxylation is 1. The molecule has 1 aliphatic rings. The van der Waals surface area contributed by atoms with E-state index < -0.39 is 0 Å². The summed E-state index contributed by atoms with van der Waals surface area (Å²) in [4.78, 5) is 16.3.